The largest absolute Gasteiger partial charge is 0.492 e. The van der Waals surface area contributed by atoms with Gasteiger partial charge in [-0.1, -0.05) is 34.1 Å². The van der Waals surface area contributed by atoms with Crippen molar-refractivity contribution in [1.29, 1.82) is 0 Å². The van der Waals surface area contributed by atoms with Crippen molar-refractivity contribution >= 4 is 62.1 Å². The molecule has 0 saturated carbocycles. The van der Waals surface area contributed by atoms with Crippen LogP contribution in [0.15, 0.2) is 64.8 Å². The third-order valence-electron chi connectivity index (χ3n) is 4.82. The highest BCUT2D eigenvalue weighted by Crippen LogP contribution is 2.28. The van der Waals surface area contributed by atoms with Crippen LogP contribution in [0.4, 0.5) is 0 Å². The summed E-state index contributed by atoms with van der Waals surface area (Å²) in [6, 6.07) is 15.5. The van der Waals surface area contributed by atoms with Crippen molar-refractivity contribution in [2.75, 3.05) is 13.7 Å². The van der Waals surface area contributed by atoms with Crippen molar-refractivity contribution in [3.63, 3.8) is 0 Å². The van der Waals surface area contributed by atoms with E-state index in [9.17, 15) is 9.59 Å². The fourth-order valence-corrected chi connectivity index (χ4v) is 3.81. The summed E-state index contributed by atoms with van der Waals surface area (Å²) < 4.78 is 8.78. The number of aromatic nitrogens is 1. The van der Waals surface area contributed by atoms with E-state index in [2.05, 4.69) is 25.8 Å². The van der Waals surface area contributed by atoms with Crippen LogP contribution in [0.1, 0.15) is 5.56 Å². The van der Waals surface area contributed by atoms with Gasteiger partial charge in [-0.25, -0.2) is 0 Å². The highest BCUT2D eigenvalue weighted by molar-refractivity contribution is 9.10. The molecule has 0 atom stereocenters. The van der Waals surface area contributed by atoms with Crippen molar-refractivity contribution in [3.05, 3.63) is 70.3 Å². The first-order valence-electron chi connectivity index (χ1n) is 9.25. The lowest BCUT2D eigenvalue weighted by atomic mass is 10.1. The number of amides is 2. The number of ether oxygens (including phenoxy) is 1. The van der Waals surface area contributed by atoms with Gasteiger partial charge in [-0.05, 0) is 48.6 Å². The average molecular weight is 484 g/mol. The standard InChI is InChI=1S/C22H18BrN3O3S/c1-25-21(28)18(20(27)24-22(25)30)11-14-13-26(19-8-7-15(23)12-17(14)19)9-10-29-16-5-3-2-4-6-16/h2-8,11-13H,9-10H2,1H3,(H,24,27,30)/b18-11-. The third kappa shape index (κ3) is 4.01. The second-order valence-electron chi connectivity index (χ2n) is 6.78. The minimum atomic E-state index is -0.494. The molecule has 6 nitrogen and oxygen atoms in total. The number of carbonyl (C=O) groups is 2. The Morgan fingerprint density at radius 1 is 1.17 bits per heavy atom. The Balaban J connectivity index is 1.66. The molecule has 152 valence electrons. The van der Waals surface area contributed by atoms with Gasteiger partial charge in [0, 0.05) is 34.2 Å². The smallest absolute Gasteiger partial charge is 0.265 e. The Kier molecular flexibility index (Phi) is 5.69. The van der Waals surface area contributed by atoms with E-state index in [0.717, 1.165) is 26.7 Å². The molecule has 1 saturated heterocycles. The molecule has 2 heterocycles. The van der Waals surface area contributed by atoms with E-state index in [-0.39, 0.29) is 10.7 Å². The summed E-state index contributed by atoms with van der Waals surface area (Å²) in [6.07, 6.45) is 3.53. The Hall–Kier alpha value is -2.97. The van der Waals surface area contributed by atoms with E-state index in [1.807, 2.05) is 54.7 Å². The monoisotopic (exact) mass is 483 g/mol. The van der Waals surface area contributed by atoms with Crippen LogP contribution < -0.4 is 10.1 Å². The lowest BCUT2D eigenvalue weighted by molar-refractivity contribution is -0.128. The number of nitrogens with one attached hydrogen (secondary N) is 1. The maximum atomic E-state index is 12.6. The zero-order valence-corrected chi connectivity index (χ0v) is 18.5. The number of benzene rings is 2. The molecule has 1 aliphatic rings. The van der Waals surface area contributed by atoms with Crippen LogP contribution >= 0.6 is 28.1 Å². The van der Waals surface area contributed by atoms with Crippen LogP contribution in [0.2, 0.25) is 0 Å². The van der Waals surface area contributed by atoms with Crippen molar-refractivity contribution in [2.24, 2.45) is 0 Å². The maximum Gasteiger partial charge on any atom is 0.265 e. The Morgan fingerprint density at radius 2 is 1.93 bits per heavy atom. The van der Waals surface area contributed by atoms with Crippen LogP contribution in [-0.2, 0) is 16.1 Å². The first kappa shape index (κ1) is 20.3. The van der Waals surface area contributed by atoms with Gasteiger partial charge in [0.15, 0.2) is 5.11 Å². The normalized spacial score (nSPS) is 15.7. The molecular weight excluding hydrogens is 466 g/mol. The van der Waals surface area contributed by atoms with Crippen molar-refractivity contribution in [1.82, 2.24) is 14.8 Å². The van der Waals surface area contributed by atoms with Gasteiger partial charge in [-0.2, -0.15) is 0 Å². The number of rotatable bonds is 5. The Bertz CT molecular complexity index is 1190. The number of halogens is 1. The lowest BCUT2D eigenvalue weighted by Crippen LogP contribution is -2.52. The molecule has 4 rings (SSSR count). The first-order valence-corrected chi connectivity index (χ1v) is 10.5. The molecule has 1 aromatic heterocycles. The van der Waals surface area contributed by atoms with Gasteiger partial charge in [0.1, 0.15) is 17.9 Å². The van der Waals surface area contributed by atoms with E-state index < -0.39 is 11.8 Å². The minimum absolute atomic E-state index is 0.0469. The quantitative estimate of drug-likeness (QED) is 0.341. The van der Waals surface area contributed by atoms with Crippen LogP contribution in [-0.4, -0.2) is 40.0 Å². The molecule has 0 radical (unpaired) electrons. The van der Waals surface area contributed by atoms with E-state index in [0.29, 0.717) is 13.2 Å². The lowest BCUT2D eigenvalue weighted by Gasteiger charge is -2.24. The maximum absolute atomic E-state index is 12.6. The number of thiocarbonyl (C=S) groups is 1. The summed E-state index contributed by atoms with van der Waals surface area (Å²) in [5, 5.41) is 3.57. The molecule has 1 aliphatic heterocycles. The van der Waals surface area contributed by atoms with Gasteiger partial charge in [-0.3, -0.25) is 19.8 Å². The molecule has 1 N–H and O–H groups in total. The predicted molar refractivity (Wildman–Crippen MR) is 123 cm³/mol. The van der Waals surface area contributed by atoms with Gasteiger partial charge < -0.3 is 9.30 Å². The summed E-state index contributed by atoms with van der Waals surface area (Å²) >= 11 is 8.51. The minimum Gasteiger partial charge on any atom is -0.492 e. The number of fused-ring (bicyclic) bond motifs is 1. The van der Waals surface area contributed by atoms with Crippen LogP contribution in [0.3, 0.4) is 0 Å². The van der Waals surface area contributed by atoms with Gasteiger partial charge >= 0.3 is 0 Å². The van der Waals surface area contributed by atoms with Crippen molar-refractivity contribution in [2.45, 2.75) is 6.54 Å². The van der Waals surface area contributed by atoms with E-state index in [4.69, 9.17) is 17.0 Å². The zero-order chi connectivity index (χ0) is 21.3. The second-order valence-corrected chi connectivity index (χ2v) is 8.08. The predicted octanol–water partition coefficient (Wildman–Crippen LogP) is 3.74. The molecule has 1 fully saturated rings. The summed E-state index contributed by atoms with van der Waals surface area (Å²) in [4.78, 5) is 26.2. The van der Waals surface area contributed by atoms with Gasteiger partial charge in [0.2, 0.25) is 0 Å². The molecule has 2 amide bonds. The number of likely N-dealkylation sites (N-methyl/N-ethyl adjacent to an activating group) is 1. The molecule has 0 unspecified atom stereocenters. The Morgan fingerprint density at radius 3 is 2.70 bits per heavy atom. The first-order chi connectivity index (χ1) is 14.4. The topological polar surface area (TPSA) is 63.6 Å². The Labute approximate surface area is 187 Å². The van der Waals surface area contributed by atoms with Gasteiger partial charge in [0.25, 0.3) is 11.8 Å². The number of hydrogen-bond acceptors (Lipinski definition) is 4. The van der Waals surface area contributed by atoms with Crippen molar-refractivity contribution < 1.29 is 14.3 Å². The highest BCUT2D eigenvalue weighted by Gasteiger charge is 2.31. The summed E-state index contributed by atoms with van der Waals surface area (Å²) in [6.45, 7) is 1.09. The number of nitrogens with zero attached hydrogens (tertiary/aromatic N) is 2. The third-order valence-corrected chi connectivity index (χ3v) is 5.69. The molecule has 0 aliphatic carbocycles. The average Bonchev–Trinajstić information content (AvgIpc) is 3.07. The number of hydrogen-bond donors (Lipinski definition) is 1. The van der Waals surface area contributed by atoms with E-state index >= 15 is 0 Å². The zero-order valence-electron chi connectivity index (χ0n) is 16.1. The van der Waals surface area contributed by atoms with Crippen LogP contribution in [0, 0.1) is 0 Å². The molecular formula is C22H18BrN3O3S. The van der Waals surface area contributed by atoms with Crippen molar-refractivity contribution in [3.8, 4) is 5.75 Å². The molecule has 30 heavy (non-hydrogen) atoms. The fourth-order valence-electron chi connectivity index (χ4n) is 3.28. The molecule has 2 aromatic carbocycles. The second kappa shape index (κ2) is 8.41. The van der Waals surface area contributed by atoms with Gasteiger partial charge in [0.05, 0.1) is 6.54 Å². The van der Waals surface area contributed by atoms with Gasteiger partial charge in [-0.15, -0.1) is 0 Å². The van der Waals surface area contributed by atoms with E-state index in [1.165, 1.54) is 4.90 Å². The van der Waals surface area contributed by atoms with Crippen LogP contribution in [0.5, 0.6) is 5.75 Å². The van der Waals surface area contributed by atoms with E-state index in [1.54, 1.807) is 13.1 Å². The summed E-state index contributed by atoms with van der Waals surface area (Å²) in [5.74, 6) is -0.110. The SMILES string of the molecule is CN1C(=O)/C(=C\c2cn(CCOc3ccccc3)c3ccc(Br)cc23)C(=O)NC1=S. The molecule has 0 spiro atoms. The summed E-state index contributed by atoms with van der Waals surface area (Å²) in [7, 11) is 1.54. The molecule has 8 heteroatoms. The molecule has 3 aromatic rings. The fraction of sp³-hybridized carbons (Fsp3) is 0.136. The van der Waals surface area contributed by atoms with Crippen LogP contribution in [0.25, 0.3) is 17.0 Å². The summed E-state index contributed by atoms with van der Waals surface area (Å²) in [5.41, 5.74) is 1.80. The number of para-hydroxylation sites is 1. The highest BCUT2D eigenvalue weighted by atomic mass is 79.9. The molecule has 0 bridgehead atoms. The number of carbonyl (C=O) groups excluding carboxylic acids is 2.